The fourth-order valence-electron chi connectivity index (χ4n) is 2.04. The van der Waals surface area contributed by atoms with Crippen LogP contribution in [0.4, 0.5) is 0 Å². The van der Waals surface area contributed by atoms with Crippen LogP contribution in [0.15, 0.2) is 12.1 Å². The van der Waals surface area contributed by atoms with Crippen molar-refractivity contribution in [3.8, 4) is 5.75 Å². The number of nitrogens with two attached hydrogens (primary N) is 1. The first-order valence-corrected chi connectivity index (χ1v) is 7.49. The lowest BCUT2D eigenvalue weighted by molar-refractivity contribution is -0.135. The molecule has 4 nitrogen and oxygen atoms in total. The third kappa shape index (κ3) is 4.17. The number of rotatable bonds is 3. The molecule has 0 aliphatic carbocycles. The third-order valence-electron chi connectivity index (χ3n) is 3.49. The predicted molar refractivity (Wildman–Crippen MR) is 88.5 cm³/mol. The standard InChI is InChI=1S/C18H27NO3/c1-11(19)16(21)22-15-12(10-20)8-13(17(2,3)4)9-14(15)18(5,6)7/h8-11H,19H2,1-7H3/t11-/m1/s1. The second kappa shape index (κ2) is 6.21. The molecule has 0 saturated carbocycles. The van der Waals surface area contributed by atoms with E-state index in [1.165, 1.54) is 0 Å². The molecule has 0 aliphatic heterocycles. The number of hydrogen-bond donors (Lipinski definition) is 1. The summed E-state index contributed by atoms with van der Waals surface area (Å²) in [6, 6.07) is 3.05. The molecular weight excluding hydrogens is 278 g/mol. The molecule has 0 aliphatic rings. The third-order valence-corrected chi connectivity index (χ3v) is 3.49. The fraction of sp³-hybridized carbons (Fsp3) is 0.556. The van der Waals surface area contributed by atoms with Crippen molar-refractivity contribution in [1.29, 1.82) is 0 Å². The smallest absolute Gasteiger partial charge is 0.328 e. The number of hydrogen-bond acceptors (Lipinski definition) is 4. The van der Waals surface area contributed by atoms with Crippen molar-refractivity contribution in [2.75, 3.05) is 0 Å². The molecule has 1 atom stereocenters. The zero-order chi connectivity index (χ0) is 17.3. The zero-order valence-electron chi connectivity index (χ0n) is 14.6. The molecule has 0 heterocycles. The van der Waals surface area contributed by atoms with Gasteiger partial charge in [-0.1, -0.05) is 47.6 Å². The minimum atomic E-state index is -0.741. The SMILES string of the molecule is C[C@@H](N)C(=O)Oc1c(C=O)cc(C(C)(C)C)cc1C(C)(C)C. The molecule has 0 radical (unpaired) electrons. The van der Waals surface area contributed by atoms with Crippen LogP contribution < -0.4 is 10.5 Å². The van der Waals surface area contributed by atoms with E-state index in [4.69, 9.17) is 10.5 Å². The lowest BCUT2D eigenvalue weighted by atomic mass is 9.79. The average molecular weight is 305 g/mol. The van der Waals surface area contributed by atoms with Gasteiger partial charge in [-0.05, 0) is 29.4 Å². The summed E-state index contributed by atoms with van der Waals surface area (Å²) in [7, 11) is 0. The van der Waals surface area contributed by atoms with Crippen LogP contribution in [-0.4, -0.2) is 18.3 Å². The van der Waals surface area contributed by atoms with E-state index in [9.17, 15) is 9.59 Å². The highest BCUT2D eigenvalue weighted by Crippen LogP contribution is 2.38. The van der Waals surface area contributed by atoms with E-state index in [2.05, 4.69) is 20.8 Å². The van der Waals surface area contributed by atoms with Crippen LogP contribution in [0.25, 0.3) is 0 Å². The number of carbonyl (C=O) groups is 2. The maximum atomic E-state index is 11.9. The van der Waals surface area contributed by atoms with Crippen LogP contribution in [0, 0.1) is 0 Å². The molecular formula is C18H27NO3. The minimum absolute atomic E-state index is 0.110. The lowest BCUT2D eigenvalue weighted by Crippen LogP contribution is -2.32. The molecule has 122 valence electrons. The van der Waals surface area contributed by atoms with E-state index in [1.807, 2.05) is 26.8 Å². The van der Waals surface area contributed by atoms with Crippen molar-refractivity contribution in [3.63, 3.8) is 0 Å². The Morgan fingerprint density at radius 1 is 1.14 bits per heavy atom. The van der Waals surface area contributed by atoms with Crippen molar-refractivity contribution < 1.29 is 14.3 Å². The summed E-state index contributed by atoms with van der Waals surface area (Å²) in [6.07, 6.45) is 0.730. The predicted octanol–water partition coefficient (Wildman–Crippen LogP) is 3.35. The number of aldehydes is 1. The minimum Gasteiger partial charge on any atom is -0.424 e. The van der Waals surface area contributed by atoms with Gasteiger partial charge in [0, 0.05) is 5.56 Å². The fourth-order valence-corrected chi connectivity index (χ4v) is 2.04. The van der Waals surface area contributed by atoms with E-state index in [1.54, 1.807) is 13.0 Å². The maximum Gasteiger partial charge on any atom is 0.328 e. The van der Waals surface area contributed by atoms with Crippen molar-refractivity contribution in [1.82, 2.24) is 0 Å². The van der Waals surface area contributed by atoms with Crippen molar-refractivity contribution in [2.45, 2.75) is 65.3 Å². The number of esters is 1. The highest BCUT2D eigenvalue weighted by molar-refractivity contribution is 5.85. The van der Waals surface area contributed by atoms with Gasteiger partial charge in [0.25, 0.3) is 0 Å². The molecule has 1 aromatic rings. The molecule has 0 spiro atoms. The molecule has 22 heavy (non-hydrogen) atoms. The first-order valence-electron chi connectivity index (χ1n) is 7.49. The molecule has 1 aromatic carbocycles. The van der Waals surface area contributed by atoms with E-state index in [0.717, 1.165) is 17.4 Å². The summed E-state index contributed by atoms with van der Waals surface area (Å²) < 4.78 is 5.43. The Bertz CT molecular complexity index is 575. The first-order chi connectivity index (χ1) is 9.87. The molecule has 0 aromatic heterocycles. The molecule has 1 rings (SSSR count). The van der Waals surface area contributed by atoms with Gasteiger partial charge in [0.05, 0.1) is 5.56 Å². The van der Waals surface area contributed by atoms with Crippen molar-refractivity contribution in [3.05, 3.63) is 28.8 Å². The highest BCUT2D eigenvalue weighted by Gasteiger charge is 2.27. The number of carbonyl (C=O) groups excluding carboxylic acids is 2. The molecule has 0 saturated heterocycles. The Hall–Kier alpha value is -1.68. The maximum absolute atomic E-state index is 11.9. The molecule has 4 heteroatoms. The summed E-state index contributed by atoms with van der Waals surface area (Å²) in [5, 5.41) is 0. The van der Waals surface area contributed by atoms with Crippen molar-refractivity contribution in [2.24, 2.45) is 5.73 Å². The Morgan fingerprint density at radius 3 is 2.05 bits per heavy atom. The van der Waals surface area contributed by atoms with Gasteiger partial charge in [-0.2, -0.15) is 0 Å². The quantitative estimate of drug-likeness (QED) is 0.528. The van der Waals surface area contributed by atoms with E-state index in [0.29, 0.717) is 11.3 Å². The van der Waals surface area contributed by atoms with Gasteiger partial charge in [0.2, 0.25) is 0 Å². The summed E-state index contributed by atoms with van der Waals surface area (Å²) in [5.74, 6) is -0.227. The van der Waals surface area contributed by atoms with E-state index < -0.39 is 12.0 Å². The van der Waals surface area contributed by atoms with Gasteiger partial charge in [0.1, 0.15) is 11.8 Å². The Kier molecular flexibility index (Phi) is 5.18. The van der Waals surface area contributed by atoms with E-state index in [-0.39, 0.29) is 10.8 Å². The van der Waals surface area contributed by atoms with Gasteiger partial charge < -0.3 is 10.5 Å². The zero-order valence-corrected chi connectivity index (χ0v) is 14.6. The monoisotopic (exact) mass is 305 g/mol. The van der Waals surface area contributed by atoms with Crippen LogP contribution in [0.3, 0.4) is 0 Å². The topological polar surface area (TPSA) is 69.4 Å². The van der Waals surface area contributed by atoms with E-state index >= 15 is 0 Å². The van der Waals surface area contributed by atoms with Crippen LogP contribution in [0.1, 0.15) is 70.0 Å². The van der Waals surface area contributed by atoms with Gasteiger partial charge in [-0.15, -0.1) is 0 Å². The number of ether oxygens (including phenoxy) is 1. The Labute approximate surface area is 133 Å². The molecule has 0 unspecified atom stereocenters. The van der Waals surface area contributed by atoms with Gasteiger partial charge >= 0.3 is 5.97 Å². The van der Waals surface area contributed by atoms with Crippen LogP contribution in [-0.2, 0) is 15.6 Å². The van der Waals surface area contributed by atoms with Crippen LogP contribution in [0.5, 0.6) is 5.75 Å². The van der Waals surface area contributed by atoms with Crippen molar-refractivity contribution >= 4 is 12.3 Å². The summed E-state index contributed by atoms with van der Waals surface area (Å²) in [4.78, 5) is 23.4. The van der Waals surface area contributed by atoms with Gasteiger partial charge in [-0.25, -0.2) is 4.79 Å². The second-order valence-electron chi connectivity index (χ2n) is 7.77. The van der Waals surface area contributed by atoms with Crippen LogP contribution >= 0.6 is 0 Å². The Morgan fingerprint density at radius 2 is 1.68 bits per heavy atom. The number of benzene rings is 1. The largest absolute Gasteiger partial charge is 0.424 e. The molecule has 2 N–H and O–H groups in total. The van der Waals surface area contributed by atoms with Gasteiger partial charge in [0.15, 0.2) is 6.29 Å². The summed E-state index contributed by atoms with van der Waals surface area (Å²) in [5.41, 5.74) is 7.43. The lowest BCUT2D eigenvalue weighted by Gasteiger charge is -2.28. The summed E-state index contributed by atoms with van der Waals surface area (Å²) >= 11 is 0. The van der Waals surface area contributed by atoms with Crippen LogP contribution in [0.2, 0.25) is 0 Å². The molecule has 0 bridgehead atoms. The van der Waals surface area contributed by atoms with Gasteiger partial charge in [-0.3, -0.25) is 4.79 Å². The highest BCUT2D eigenvalue weighted by atomic mass is 16.5. The first kappa shape index (κ1) is 18.4. The second-order valence-corrected chi connectivity index (χ2v) is 7.77. The average Bonchev–Trinajstić information content (AvgIpc) is 2.35. The molecule has 0 amide bonds. The Balaban J connectivity index is 3.59. The normalized spacial score (nSPS) is 13.6. The molecule has 0 fully saturated rings. The summed E-state index contributed by atoms with van der Waals surface area (Å²) in [6.45, 7) is 13.9.